The maximum Gasteiger partial charge on any atom is 0.269 e. The number of nitro groups is 1. The van der Waals surface area contributed by atoms with E-state index >= 15 is 0 Å². The van der Waals surface area contributed by atoms with Crippen molar-refractivity contribution in [3.63, 3.8) is 0 Å². The molecule has 3 rings (SSSR count). The predicted molar refractivity (Wildman–Crippen MR) is 102 cm³/mol. The molecule has 3 aromatic carbocycles. The average molecular weight is 384 g/mol. The second-order valence-electron chi connectivity index (χ2n) is 5.80. The zero-order valence-electron chi connectivity index (χ0n) is 14.3. The number of ether oxygens (including phenoxy) is 1. The number of sulfone groups is 1. The van der Waals surface area contributed by atoms with E-state index in [1.807, 2.05) is 12.1 Å². The number of non-ortho nitro benzene ring substituents is 1. The molecule has 0 aromatic heterocycles. The van der Waals surface area contributed by atoms with Gasteiger partial charge in [0.05, 0.1) is 9.82 Å². The van der Waals surface area contributed by atoms with Crippen molar-refractivity contribution in [2.45, 2.75) is 4.90 Å². The van der Waals surface area contributed by atoms with Crippen molar-refractivity contribution in [2.75, 3.05) is 11.6 Å². The van der Waals surface area contributed by atoms with Crippen molar-refractivity contribution in [3.8, 4) is 11.5 Å². The Bertz CT molecular complexity index is 1040. The van der Waals surface area contributed by atoms with Crippen LogP contribution in [0.4, 0.5) is 17.1 Å². The summed E-state index contributed by atoms with van der Waals surface area (Å²) >= 11 is 0. The second-order valence-corrected chi connectivity index (χ2v) is 7.81. The monoisotopic (exact) mass is 384 g/mol. The van der Waals surface area contributed by atoms with E-state index in [1.54, 1.807) is 36.4 Å². The van der Waals surface area contributed by atoms with Gasteiger partial charge in [-0.2, -0.15) is 0 Å². The number of nitrogens with zero attached hydrogens (tertiary/aromatic N) is 1. The minimum absolute atomic E-state index is 0.0335. The van der Waals surface area contributed by atoms with Crippen LogP contribution in [0.1, 0.15) is 0 Å². The summed E-state index contributed by atoms with van der Waals surface area (Å²) in [6, 6.07) is 19.4. The standard InChI is InChI=1S/C19H16N2O5S/c1-27(24,25)19-12-10-18(11-13-19)26-17-8-4-15(5-9-17)20-14-2-6-16(7-3-14)21(22)23/h2-13,20H,1H3. The lowest BCUT2D eigenvalue weighted by atomic mass is 10.2. The maximum atomic E-state index is 11.5. The fraction of sp³-hybridized carbons (Fsp3) is 0.0526. The van der Waals surface area contributed by atoms with E-state index in [0.717, 1.165) is 17.6 Å². The van der Waals surface area contributed by atoms with Crippen LogP contribution in [0.2, 0.25) is 0 Å². The van der Waals surface area contributed by atoms with Crippen LogP contribution >= 0.6 is 0 Å². The van der Waals surface area contributed by atoms with Crippen LogP contribution < -0.4 is 10.1 Å². The molecule has 0 aliphatic heterocycles. The van der Waals surface area contributed by atoms with E-state index in [4.69, 9.17) is 4.74 Å². The van der Waals surface area contributed by atoms with Crippen LogP contribution in [0.3, 0.4) is 0 Å². The molecule has 3 aromatic rings. The number of rotatable bonds is 6. The first-order chi connectivity index (χ1) is 12.8. The highest BCUT2D eigenvalue weighted by molar-refractivity contribution is 7.90. The van der Waals surface area contributed by atoms with E-state index in [1.165, 1.54) is 24.3 Å². The molecule has 0 saturated carbocycles. The van der Waals surface area contributed by atoms with Crippen molar-refractivity contribution in [3.05, 3.63) is 82.9 Å². The Morgan fingerprint density at radius 2 is 1.26 bits per heavy atom. The molecule has 0 amide bonds. The Labute approximate surface area is 156 Å². The third-order valence-electron chi connectivity index (χ3n) is 3.71. The molecule has 0 saturated heterocycles. The highest BCUT2D eigenvalue weighted by Gasteiger charge is 2.07. The van der Waals surface area contributed by atoms with Gasteiger partial charge < -0.3 is 10.1 Å². The molecule has 0 atom stereocenters. The molecular weight excluding hydrogens is 368 g/mol. The molecule has 0 aliphatic carbocycles. The Morgan fingerprint density at radius 3 is 1.70 bits per heavy atom. The normalized spacial score (nSPS) is 11.0. The predicted octanol–water partition coefficient (Wildman–Crippen LogP) is 4.53. The molecule has 8 heteroatoms. The molecule has 0 unspecified atom stereocenters. The first-order valence-electron chi connectivity index (χ1n) is 7.91. The van der Waals surface area contributed by atoms with Gasteiger partial charge >= 0.3 is 0 Å². The van der Waals surface area contributed by atoms with Crippen molar-refractivity contribution in [1.82, 2.24) is 0 Å². The molecule has 27 heavy (non-hydrogen) atoms. The van der Waals surface area contributed by atoms with Gasteiger partial charge in [0.2, 0.25) is 0 Å². The first-order valence-corrected chi connectivity index (χ1v) is 9.80. The lowest BCUT2D eigenvalue weighted by molar-refractivity contribution is -0.384. The molecule has 0 fully saturated rings. The minimum Gasteiger partial charge on any atom is -0.457 e. The summed E-state index contributed by atoms with van der Waals surface area (Å²) in [5.74, 6) is 1.12. The summed E-state index contributed by atoms with van der Waals surface area (Å²) in [5, 5.41) is 13.8. The van der Waals surface area contributed by atoms with E-state index in [-0.39, 0.29) is 10.6 Å². The van der Waals surface area contributed by atoms with Gasteiger partial charge in [0.1, 0.15) is 11.5 Å². The van der Waals surface area contributed by atoms with E-state index in [9.17, 15) is 18.5 Å². The van der Waals surface area contributed by atoms with Gasteiger partial charge in [-0.15, -0.1) is 0 Å². The molecule has 0 spiro atoms. The largest absolute Gasteiger partial charge is 0.457 e. The quantitative estimate of drug-likeness (QED) is 0.495. The van der Waals surface area contributed by atoms with E-state index < -0.39 is 14.8 Å². The van der Waals surface area contributed by atoms with E-state index in [0.29, 0.717) is 11.5 Å². The van der Waals surface area contributed by atoms with Gasteiger partial charge in [0.15, 0.2) is 9.84 Å². The minimum atomic E-state index is -3.24. The van der Waals surface area contributed by atoms with E-state index in [2.05, 4.69) is 5.32 Å². The van der Waals surface area contributed by atoms with Gasteiger partial charge in [-0.05, 0) is 60.7 Å². The molecular formula is C19H16N2O5S. The van der Waals surface area contributed by atoms with Crippen LogP contribution in [0.5, 0.6) is 11.5 Å². The second kappa shape index (κ2) is 7.46. The Kier molecular flexibility index (Phi) is 5.09. The molecule has 0 radical (unpaired) electrons. The highest BCUT2D eigenvalue weighted by Crippen LogP contribution is 2.26. The molecule has 7 nitrogen and oxygen atoms in total. The third kappa shape index (κ3) is 4.83. The molecule has 0 heterocycles. The SMILES string of the molecule is CS(=O)(=O)c1ccc(Oc2ccc(Nc3ccc([N+](=O)[O-])cc3)cc2)cc1. The van der Waals surface area contributed by atoms with Crippen molar-refractivity contribution >= 4 is 26.9 Å². The molecule has 0 aliphatic rings. The maximum absolute atomic E-state index is 11.5. The average Bonchev–Trinajstić information content (AvgIpc) is 2.63. The number of nitrogens with one attached hydrogen (secondary N) is 1. The Balaban J connectivity index is 1.65. The van der Waals surface area contributed by atoms with Crippen molar-refractivity contribution < 1.29 is 18.1 Å². The zero-order chi connectivity index (χ0) is 19.4. The summed E-state index contributed by atoms with van der Waals surface area (Å²) in [6.45, 7) is 0. The number of benzene rings is 3. The topological polar surface area (TPSA) is 98.5 Å². The lowest BCUT2D eigenvalue weighted by Crippen LogP contribution is -1.96. The van der Waals surface area contributed by atoms with Crippen LogP contribution in [0.15, 0.2) is 77.7 Å². The number of hydrogen-bond acceptors (Lipinski definition) is 6. The summed E-state index contributed by atoms with van der Waals surface area (Å²) in [7, 11) is -3.24. The summed E-state index contributed by atoms with van der Waals surface area (Å²) in [6.07, 6.45) is 1.15. The number of anilines is 2. The third-order valence-corrected chi connectivity index (χ3v) is 4.84. The first kappa shape index (κ1) is 18.4. The van der Waals surface area contributed by atoms with Gasteiger partial charge in [0, 0.05) is 29.8 Å². The fourth-order valence-electron chi connectivity index (χ4n) is 2.33. The van der Waals surface area contributed by atoms with Crippen molar-refractivity contribution in [2.24, 2.45) is 0 Å². The van der Waals surface area contributed by atoms with Gasteiger partial charge in [0.25, 0.3) is 5.69 Å². The van der Waals surface area contributed by atoms with Gasteiger partial charge in [-0.3, -0.25) is 10.1 Å². The Hall–Kier alpha value is -3.39. The summed E-state index contributed by atoms with van der Waals surface area (Å²) in [4.78, 5) is 10.5. The van der Waals surface area contributed by atoms with Crippen molar-refractivity contribution in [1.29, 1.82) is 0 Å². The number of nitro benzene ring substituents is 1. The Morgan fingerprint density at radius 1 is 0.815 bits per heavy atom. The smallest absolute Gasteiger partial charge is 0.269 e. The molecule has 138 valence electrons. The molecule has 1 N–H and O–H groups in total. The zero-order valence-corrected chi connectivity index (χ0v) is 15.1. The van der Waals surface area contributed by atoms with Gasteiger partial charge in [-0.25, -0.2) is 8.42 Å². The van der Waals surface area contributed by atoms with Crippen LogP contribution in [0.25, 0.3) is 0 Å². The van der Waals surface area contributed by atoms with Crippen LogP contribution in [0, 0.1) is 10.1 Å². The van der Waals surface area contributed by atoms with Crippen LogP contribution in [-0.4, -0.2) is 19.6 Å². The summed E-state index contributed by atoms with van der Waals surface area (Å²) in [5.41, 5.74) is 1.56. The fourth-order valence-corrected chi connectivity index (χ4v) is 2.96. The summed E-state index contributed by atoms with van der Waals surface area (Å²) < 4.78 is 28.6. The number of hydrogen-bond donors (Lipinski definition) is 1. The lowest BCUT2D eigenvalue weighted by Gasteiger charge is -2.09. The highest BCUT2D eigenvalue weighted by atomic mass is 32.2. The van der Waals surface area contributed by atoms with Crippen LogP contribution in [-0.2, 0) is 9.84 Å². The van der Waals surface area contributed by atoms with Gasteiger partial charge in [-0.1, -0.05) is 0 Å². The molecule has 0 bridgehead atoms.